The van der Waals surface area contributed by atoms with Gasteiger partial charge in [0.25, 0.3) is 5.91 Å². The molecule has 0 aliphatic heterocycles. The van der Waals surface area contributed by atoms with Crippen molar-refractivity contribution >= 4 is 33.2 Å². The molecule has 4 rings (SSSR count). The molecule has 0 spiro atoms. The Morgan fingerprint density at radius 2 is 1.65 bits per heavy atom. The highest BCUT2D eigenvalue weighted by Gasteiger charge is 2.13. The molecule has 3 aromatic carbocycles. The monoisotopic (exact) mass is 426 g/mol. The molecular weight excluding hydrogens is 408 g/mol. The van der Waals surface area contributed by atoms with E-state index in [-0.39, 0.29) is 12.3 Å². The van der Waals surface area contributed by atoms with Crippen molar-refractivity contribution in [1.29, 1.82) is 0 Å². The Hall–Kier alpha value is -3.95. The Labute approximate surface area is 183 Å². The Morgan fingerprint density at radius 3 is 2.32 bits per heavy atom. The number of ether oxygens (including phenoxy) is 1. The van der Waals surface area contributed by atoms with Crippen LogP contribution in [0.3, 0.4) is 0 Å². The van der Waals surface area contributed by atoms with Crippen LogP contribution in [0.1, 0.15) is 26.3 Å². The van der Waals surface area contributed by atoms with Crippen molar-refractivity contribution in [3.63, 3.8) is 0 Å². The molecule has 0 fully saturated rings. The molecule has 4 aromatic rings. The summed E-state index contributed by atoms with van der Waals surface area (Å²) in [6.45, 7) is 0.261. The van der Waals surface area contributed by atoms with Gasteiger partial charge in [-0.25, -0.2) is 0 Å². The standard InChI is InChI=1S/C25H18N2O3S/c1-3-16-27-22-20(30-2)10-7-11-21(22)31-25(27)26-24(29)19-14-12-18(13-15-19)23(28)17-8-5-4-6-9-17/h1,4-15H,16H2,2H3. The zero-order valence-corrected chi connectivity index (χ0v) is 17.6. The minimum atomic E-state index is -0.407. The number of benzene rings is 3. The molecule has 1 amide bonds. The minimum Gasteiger partial charge on any atom is -0.495 e. The number of terminal acetylenes is 1. The second kappa shape index (κ2) is 8.82. The Morgan fingerprint density at radius 1 is 0.968 bits per heavy atom. The Balaban J connectivity index is 1.69. The third-order valence-corrected chi connectivity index (χ3v) is 5.80. The molecule has 5 nitrogen and oxygen atoms in total. The first kappa shape index (κ1) is 20.3. The van der Waals surface area contributed by atoms with Crippen molar-refractivity contribution in [1.82, 2.24) is 4.57 Å². The van der Waals surface area contributed by atoms with E-state index < -0.39 is 5.91 Å². The van der Waals surface area contributed by atoms with Gasteiger partial charge in [-0.1, -0.05) is 65.8 Å². The maximum atomic E-state index is 12.8. The van der Waals surface area contributed by atoms with Gasteiger partial charge in [-0.2, -0.15) is 4.99 Å². The second-order valence-corrected chi connectivity index (χ2v) is 7.68. The Kier molecular flexibility index (Phi) is 5.78. The molecule has 1 aromatic heterocycles. The maximum absolute atomic E-state index is 12.8. The van der Waals surface area contributed by atoms with E-state index in [1.54, 1.807) is 48.1 Å². The van der Waals surface area contributed by atoms with Crippen LogP contribution in [0.2, 0.25) is 0 Å². The molecule has 0 radical (unpaired) electrons. The Bertz CT molecular complexity index is 1370. The number of carbonyl (C=O) groups excluding carboxylic acids is 2. The van der Waals surface area contributed by atoms with Gasteiger partial charge in [0.1, 0.15) is 11.3 Å². The molecule has 152 valence electrons. The first-order valence-electron chi connectivity index (χ1n) is 9.51. The van der Waals surface area contributed by atoms with Crippen molar-refractivity contribution < 1.29 is 14.3 Å². The number of thiazole rings is 1. The summed E-state index contributed by atoms with van der Waals surface area (Å²) >= 11 is 1.37. The van der Waals surface area contributed by atoms with Gasteiger partial charge in [0.15, 0.2) is 10.6 Å². The number of hydrogen-bond donors (Lipinski definition) is 0. The van der Waals surface area contributed by atoms with Gasteiger partial charge in [0.2, 0.25) is 0 Å². The lowest BCUT2D eigenvalue weighted by Crippen LogP contribution is -2.17. The average Bonchev–Trinajstić information content (AvgIpc) is 3.16. The van der Waals surface area contributed by atoms with Crippen molar-refractivity contribution in [2.75, 3.05) is 7.11 Å². The van der Waals surface area contributed by atoms with E-state index in [0.29, 0.717) is 27.2 Å². The molecule has 0 unspecified atom stereocenters. The minimum absolute atomic E-state index is 0.0972. The van der Waals surface area contributed by atoms with Crippen molar-refractivity contribution in [3.05, 3.63) is 94.3 Å². The summed E-state index contributed by atoms with van der Waals surface area (Å²) < 4.78 is 8.17. The van der Waals surface area contributed by atoms with Gasteiger partial charge < -0.3 is 9.30 Å². The number of ketones is 1. The lowest BCUT2D eigenvalue weighted by molar-refractivity contribution is 0.0994. The molecule has 0 saturated carbocycles. The van der Waals surface area contributed by atoms with Crippen LogP contribution in [0.15, 0.2) is 77.8 Å². The first-order valence-corrected chi connectivity index (χ1v) is 10.3. The number of rotatable bonds is 5. The van der Waals surface area contributed by atoms with E-state index in [9.17, 15) is 9.59 Å². The van der Waals surface area contributed by atoms with Crippen LogP contribution in [0.4, 0.5) is 0 Å². The number of nitrogens with zero attached hydrogens (tertiary/aromatic N) is 2. The molecular formula is C25H18N2O3S. The van der Waals surface area contributed by atoms with Gasteiger partial charge in [-0.3, -0.25) is 9.59 Å². The highest BCUT2D eigenvalue weighted by Crippen LogP contribution is 2.27. The van der Waals surface area contributed by atoms with Crippen LogP contribution in [-0.2, 0) is 6.54 Å². The summed E-state index contributed by atoms with van der Waals surface area (Å²) in [6.07, 6.45) is 5.54. The van der Waals surface area contributed by atoms with E-state index in [4.69, 9.17) is 11.2 Å². The first-order chi connectivity index (χ1) is 15.1. The lowest BCUT2D eigenvalue weighted by Gasteiger charge is -2.05. The summed E-state index contributed by atoms with van der Waals surface area (Å²) in [5.41, 5.74) is 2.31. The van der Waals surface area contributed by atoms with Crippen molar-refractivity contribution in [2.45, 2.75) is 6.54 Å². The summed E-state index contributed by atoms with van der Waals surface area (Å²) in [6, 6.07) is 21.2. The molecule has 0 bridgehead atoms. The lowest BCUT2D eigenvalue weighted by atomic mass is 10.0. The fraction of sp³-hybridized carbons (Fsp3) is 0.0800. The molecule has 0 saturated heterocycles. The zero-order chi connectivity index (χ0) is 21.8. The molecule has 6 heteroatoms. The van der Waals surface area contributed by atoms with E-state index >= 15 is 0 Å². The highest BCUT2D eigenvalue weighted by molar-refractivity contribution is 7.16. The predicted octanol–water partition coefficient (Wildman–Crippen LogP) is 4.32. The van der Waals surface area contributed by atoms with Gasteiger partial charge in [-0.05, 0) is 24.3 Å². The average molecular weight is 426 g/mol. The largest absolute Gasteiger partial charge is 0.495 e. The van der Waals surface area contributed by atoms with Crippen LogP contribution in [0.25, 0.3) is 10.2 Å². The van der Waals surface area contributed by atoms with Crippen molar-refractivity contribution in [2.24, 2.45) is 4.99 Å². The van der Waals surface area contributed by atoms with Crippen LogP contribution >= 0.6 is 11.3 Å². The predicted molar refractivity (Wildman–Crippen MR) is 121 cm³/mol. The fourth-order valence-corrected chi connectivity index (χ4v) is 4.30. The third-order valence-electron chi connectivity index (χ3n) is 4.76. The van der Waals surface area contributed by atoms with Crippen LogP contribution in [0, 0.1) is 12.3 Å². The molecule has 1 heterocycles. The van der Waals surface area contributed by atoms with Crippen LogP contribution < -0.4 is 9.54 Å². The summed E-state index contributed by atoms with van der Waals surface area (Å²) in [4.78, 5) is 30.2. The van der Waals surface area contributed by atoms with E-state index in [2.05, 4.69) is 10.9 Å². The van der Waals surface area contributed by atoms with Crippen LogP contribution in [0.5, 0.6) is 5.75 Å². The highest BCUT2D eigenvalue weighted by atomic mass is 32.1. The quantitative estimate of drug-likeness (QED) is 0.353. The van der Waals surface area contributed by atoms with E-state index in [1.807, 2.05) is 36.4 Å². The maximum Gasteiger partial charge on any atom is 0.279 e. The summed E-state index contributed by atoms with van der Waals surface area (Å²) in [5, 5.41) is 0. The number of methoxy groups -OCH3 is 1. The topological polar surface area (TPSA) is 60.7 Å². The van der Waals surface area contributed by atoms with Gasteiger partial charge in [-0.15, -0.1) is 6.42 Å². The van der Waals surface area contributed by atoms with Crippen LogP contribution in [-0.4, -0.2) is 23.4 Å². The summed E-state index contributed by atoms with van der Waals surface area (Å²) in [7, 11) is 1.59. The number of aromatic nitrogens is 1. The number of hydrogen-bond acceptors (Lipinski definition) is 4. The molecule has 0 N–H and O–H groups in total. The second-order valence-electron chi connectivity index (χ2n) is 6.67. The number of para-hydroxylation sites is 1. The fourth-order valence-electron chi connectivity index (χ4n) is 3.26. The van der Waals surface area contributed by atoms with E-state index in [0.717, 1.165) is 10.2 Å². The van der Waals surface area contributed by atoms with Gasteiger partial charge in [0.05, 0.1) is 18.4 Å². The zero-order valence-electron chi connectivity index (χ0n) is 16.7. The normalized spacial score (nSPS) is 11.3. The SMILES string of the molecule is C#CCn1c(=NC(=O)c2ccc(C(=O)c3ccccc3)cc2)sc2cccc(OC)c21. The molecule has 0 aliphatic rings. The third kappa shape index (κ3) is 4.04. The number of amides is 1. The number of fused-ring (bicyclic) bond motifs is 1. The molecule has 0 atom stereocenters. The molecule has 0 aliphatic carbocycles. The van der Waals surface area contributed by atoms with Crippen molar-refractivity contribution in [3.8, 4) is 18.1 Å². The summed E-state index contributed by atoms with van der Waals surface area (Å²) in [5.74, 6) is 2.77. The molecule has 31 heavy (non-hydrogen) atoms. The smallest absolute Gasteiger partial charge is 0.279 e. The van der Waals surface area contributed by atoms with Gasteiger partial charge >= 0.3 is 0 Å². The number of carbonyl (C=O) groups is 2. The van der Waals surface area contributed by atoms with Gasteiger partial charge in [0, 0.05) is 16.7 Å². The van der Waals surface area contributed by atoms with E-state index in [1.165, 1.54) is 11.3 Å².